The van der Waals surface area contributed by atoms with Crippen LogP contribution in [0.1, 0.15) is 19.3 Å². The normalized spacial score (nSPS) is 27.8. The number of quaternary nitrogens is 1. The first-order valence-corrected chi connectivity index (χ1v) is 2.98. The maximum Gasteiger partial charge on any atom is 0.114 e. The van der Waals surface area contributed by atoms with Gasteiger partial charge in [-0.2, -0.15) is 4.87 Å². The summed E-state index contributed by atoms with van der Waals surface area (Å²) in [7, 11) is 0. The van der Waals surface area contributed by atoms with Crippen molar-refractivity contribution in [1.29, 1.82) is 0 Å². The SMILES string of the molecule is [O-][N+]1(F)CCCCC1. The maximum atomic E-state index is 12.3. The average molecular weight is 119 g/mol. The summed E-state index contributed by atoms with van der Waals surface area (Å²) in [6.07, 6.45) is 2.52. The van der Waals surface area contributed by atoms with Crippen LogP contribution in [0.2, 0.25) is 0 Å². The van der Waals surface area contributed by atoms with Crippen molar-refractivity contribution in [3.8, 4) is 0 Å². The van der Waals surface area contributed by atoms with Gasteiger partial charge in [0.15, 0.2) is 0 Å². The molecular formula is C5H10FNO. The van der Waals surface area contributed by atoms with Crippen molar-refractivity contribution in [3.63, 3.8) is 0 Å². The van der Waals surface area contributed by atoms with Gasteiger partial charge < -0.3 is 5.21 Å². The van der Waals surface area contributed by atoms with Gasteiger partial charge in [0.2, 0.25) is 0 Å². The van der Waals surface area contributed by atoms with Gasteiger partial charge in [0, 0.05) is 12.8 Å². The topological polar surface area (TPSA) is 23.1 Å². The van der Waals surface area contributed by atoms with Crippen LogP contribution in [0.15, 0.2) is 0 Å². The summed E-state index contributed by atoms with van der Waals surface area (Å²) in [6.45, 7) is 0.333. The first kappa shape index (κ1) is 5.98. The predicted molar refractivity (Wildman–Crippen MR) is 28.3 cm³/mol. The smallest absolute Gasteiger partial charge is 0.114 e. The van der Waals surface area contributed by atoms with Crippen molar-refractivity contribution >= 4 is 0 Å². The molecule has 3 heteroatoms. The second kappa shape index (κ2) is 1.99. The summed E-state index contributed by atoms with van der Waals surface area (Å²) in [5.41, 5.74) is 0. The van der Waals surface area contributed by atoms with Crippen LogP contribution in [-0.4, -0.2) is 18.0 Å². The lowest BCUT2D eigenvalue weighted by Crippen LogP contribution is -2.37. The van der Waals surface area contributed by atoms with Gasteiger partial charge in [-0.05, 0) is 10.9 Å². The summed E-state index contributed by atoms with van der Waals surface area (Å²) in [4.78, 5) is -1.50. The van der Waals surface area contributed by atoms with Crippen LogP contribution in [0.3, 0.4) is 0 Å². The Bertz CT molecular complexity index is 76.5. The van der Waals surface area contributed by atoms with E-state index in [9.17, 15) is 9.69 Å². The van der Waals surface area contributed by atoms with Crippen LogP contribution in [0.25, 0.3) is 0 Å². The second-order valence-corrected chi connectivity index (χ2v) is 2.30. The second-order valence-electron chi connectivity index (χ2n) is 2.30. The van der Waals surface area contributed by atoms with E-state index in [4.69, 9.17) is 0 Å². The van der Waals surface area contributed by atoms with Crippen molar-refractivity contribution < 1.29 is 9.35 Å². The van der Waals surface area contributed by atoms with Gasteiger partial charge in [-0.1, -0.05) is 0 Å². The van der Waals surface area contributed by atoms with Gasteiger partial charge in [-0.3, -0.25) is 0 Å². The molecule has 1 saturated heterocycles. The minimum atomic E-state index is -1.50. The summed E-state index contributed by atoms with van der Waals surface area (Å²) >= 11 is 0. The van der Waals surface area contributed by atoms with E-state index in [1.807, 2.05) is 0 Å². The maximum absolute atomic E-state index is 12.3. The van der Waals surface area contributed by atoms with Gasteiger partial charge in [-0.25, -0.2) is 0 Å². The number of halogens is 1. The molecular weight excluding hydrogens is 109 g/mol. The third-order valence-corrected chi connectivity index (χ3v) is 1.48. The molecule has 0 aromatic heterocycles. The number of rotatable bonds is 0. The largest absolute Gasteiger partial charge is 0.593 e. The molecule has 0 aromatic carbocycles. The van der Waals surface area contributed by atoms with E-state index in [1.165, 1.54) is 0 Å². The highest BCUT2D eigenvalue weighted by Gasteiger charge is 2.19. The van der Waals surface area contributed by atoms with E-state index >= 15 is 0 Å². The lowest BCUT2D eigenvalue weighted by molar-refractivity contribution is -1.02. The molecule has 0 radical (unpaired) electrons. The Kier molecular flexibility index (Phi) is 1.49. The van der Waals surface area contributed by atoms with E-state index in [1.54, 1.807) is 0 Å². The molecule has 0 aromatic rings. The molecule has 2 nitrogen and oxygen atoms in total. The van der Waals surface area contributed by atoms with Gasteiger partial charge in [0.05, 0.1) is 0 Å². The molecule has 48 valence electrons. The van der Waals surface area contributed by atoms with Crippen molar-refractivity contribution in [2.75, 3.05) is 13.1 Å². The molecule has 1 aliphatic rings. The van der Waals surface area contributed by atoms with Gasteiger partial charge in [0.25, 0.3) is 0 Å². The van der Waals surface area contributed by atoms with Gasteiger partial charge in [0.1, 0.15) is 13.1 Å². The number of piperidine rings is 1. The fourth-order valence-electron chi connectivity index (χ4n) is 0.984. The Morgan fingerprint density at radius 2 is 1.62 bits per heavy atom. The molecule has 0 aliphatic carbocycles. The standard InChI is InChI=1S/C5H10FNO/c6-7(8)4-2-1-3-5-7/h1-5H2. The first-order valence-electron chi connectivity index (χ1n) is 2.98. The van der Waals surface area contributed by atoms with E-state index in [2.05, 4.69) is 0 Å². The summed E-state index contributed by atoms with van der Waals surface area (Å²) in [5.74, 6) is 0. The highest BCUT2D eigenvalue weighted by molar-refractivity contribution is 4.47. The molecule has 0 bridgehead atoms. The Balaban J connectivity index is 2.33. The third-order valence-electron chi connectivity index (χ3n) is 1.48. The minimum Gasteiger partial charge on any atom is -0.593 e. The molecule has 1 fully saturated rings. The van der Waals surface area contributed by atoms with Crippen molar-refractivity contribution in [2.45, 2.75) is 19.3 Å². The quantitative estimate of drug-likeness (QED) is 0.349. The van der Waals surface area contributed by atoms with Crippen molar-refractivity contribution in [1.82, 2.24) is 0 Å². The molecule has 0 saturated carbocycles. The number of nitrogens with zero attached hydrogens (tertiary/aromatic N) is 1. The summed E-state index contributed by atoms with van der Waals surface area (Å²) < 4.78 is 12.3. The van der Waals surface area contributed by atoms with Crippen LogP contribution in [-0.2, 0) is 0 Å². The van der Waals surface area contributed by atoms with E-state index in [0.29, 0.717) is 0 Å². The monoisotopic (exact) mass is 119 g/mol. The number of hydroxylamine groups is 2. The Morgan fingerprint density at radius 3 is 1.88 bits per heavy atom. The number of hydrogen-bond donors (Lipinski definition) is 0. The van der Waals surface area contributed by atoms with Crippen molar-refractivity contribution in [3.05, 3.63) is 5.21 Å². The molecule has 1 heterocycles. The fourth-order valence-corrected chi connectivity index (χ4v) is 0.984. The lowest BCUT2D eigenvalue weighted by Gasteiger charge is -2.32. The van der Waals surface area contributed by atoms with Gasteiger partial charge in [-0.15, -0.1) is 0 Å². The predicted octanol–water partition coefficient (Wildman–Crippen LogP) is 1.37. The Hall–Kier alpha value is -0.150. The minimum absolute atomic E-state index is 0.167. The van der Waals surface area contributed by atoms with E-state index < -0.39 is 4.87 Å². The van der Waals surface area contributed by atoms with Crippen LogP contribution in [0, 0.1) is 5.21 Å². The molecule has 8 heavy (non-hydrogen) atoms. The Morgan fingerprint density at radius 1 is 1.12 bits per heavy atom. The van der Waals surface area contributed by atoms with Crippen LogP contribution in [0.4, 0.5) is 4.48 Å². The molecule has 0 amide bonds. The Labute approximate surface area is 48.0 Å². The zero-order valence-electron chi connectivity index (χ0n) is 4.77. The first-order chi connectivity index (χ1) is 3.71. The lowest BCUT2D eigenvalue weighted by atomic mass is 10.2. The van der Waals surface area contributed by atoms with E-state index in [-0.39, 0.29) is 13.1 Å². The molecule has 1 rings (SSSR count). The molecule has 0 N–H and O–H groups in total. The molecule has 0 spiro atoms. The molecule has 1 aliphatic heterocycles. The highest BCUT2D eigenvalue weighted by Crippen LogP contribution is 2.16. The fraction of sp³-hybridized carbons (Fsp3) is 1.00. The summed E-state index contributed by atoms with van der Waals surface area (Å²) in [5, 5.41) is 10.4. The van der Waals surface area contributed by atoms with Crippen LogP contribution in [0.5, 0.6) is 0 Å². The molecule has 0 atom stereocenters. The average Bonchev–Trinajstić information content (AvgIpc) is 1.65. The number of hydrogen-bond acceptors (Lipinski definition) is 1. The van der Waals surface area contributed by atoms with Crippen LogP contribution >= 0.6 is 0 Å². The third kappa shape index (κ3) is 1.42. The van der Waals surface area contributed by atoms with Gasteiger partial charge >= 0.3 is 0 Å². The van der Waals surface area contributed by atoms with Crippen LogP contribution < -0.4 is 0 Å². The van der Waals surface area contributed by atoms with E-state index in [0.717, 1.165) is 19.3 Å². The molecule has 0 unspecified atom stereocenters. The zero-order chi connectivity index (χ0) is 6.04. The highest BCUT2D eigenvalue weighted by atomic mass is 19.2. The zero-order valence-corrected chi connectivity index (χ0v) is 4.77. The summed E-state index contributed by atoms with van der Waals surface area (Å²) in [6, 6.07) is 0. The van der Waals surface area contributed by atoms with Crippen molar-refractivity contribution in [2.24, 2.45) is 0 Å².